The Morgan fingerprint density at radius 2 is 1.95 bits per heavy atom. The van der Waals surface area contributed by atoms with Crippen LogP contribution in [-0.2, 0) is 4.79 Å². The van der Waals surface area contributed by atoms with E-state index in [1.807, 2.05) is 18.7 Å². The van der Waals surface area contributed by atoms with Gasteiger partial charge in [-0.1, -0.05) is 12.2 Å². The van der Waals surface area contributed by atoms with E-state index in [4.69, 9.17) is 0 Å². The van der Waals surface area contributed by atoms with E-state index in [1.54, 1.807) is 0 Å². The Kier molecular flexibility index (Phi) is 5.57. The minimum absolute atomic E-state index is 0.231. The van der Waals surface area contributed by atoms with Gasteiger partial charge >= 0.3 is 0 Å². The molecule has 2 rings (SSSR count). The number of amides is 1. The van der Waals surface area contributed by atoms with Crippen LogP contribution in [0.1, 0.15) is 13.8 Å². The number of carbonyl (C=O) groups excluding carboxylic acids is 1. The van der Waals surface area contributed by atoms with Gasteiger partial charge in [0.25, 0.3) is 0 Å². The summed E-state index contributed by atoms with van der Waals surface area (Å²) < 4.78 is 0. The summed E-state index contributed by atoms with van der Waals surface area (Å²) in [4.78, 5) is 19.0. The Morgan fingerprint density at radius 3 is 2.40 bits per heavy atom. The third-order valence-electron chi connectivity index (χ3n) is 4.24. The number of piperazine rings is 1. The highest BCUT2D eigenvalue weighted by atomic mass is 16.2. The van der Waals surface area contributed by atoms with Crippen LogP contribution in [0.25, 0.3) is 0 Å². The second-order valence-corrected chi connectivity index (χ2v) is 5.99. The van der Waals surface area contributed by atoms with Crippen molar-refractivity contribution in [3.8, 4) is 0 Å². The van der Waals surface area contributed by atoms with Crippen molar-refractivity contribution in [2.45, 2.75) is 19.9 Å². The van der Waals surface area contributed by atoms with E-state index in [0.717, 1.165) is 57.4 Å². The fourth-order valence-electron chi connectivity index (χ4n) is 2.81. The first-order valence-electron chi connectivity index (χ1n) is 7.69. The molecule has 0 aromatic carbocycles. The van der Waals surface area contributed by atoms with Gasteiger partial charge < -0.3 is 10.2 Å². The van der Waals surface area contributed by atoms with Crippen molar-refractivity contribution in [3.63, 3.8) is 0 Å². The Morgan fingerprint density at radius 1 is 1.30 bits per heavy atom. The number of hydrogen-bond donors (Lipinski definition) is 1. The van der Waals surface area contributed by atoms with E-state index in [-0.39, 0.29) is 5.91 Å². The molecule has 2 fully saturated rings. The Balaban J connectivity index is 1.73. The highest BCUT2D eigenvalue weighted by Gasteiger charge is 2.28. The Bertz CT molecular complexity index is 346. The minimum Gasteiger partial charge on any atom is -0.338 e. The van der Waals surface area contributed by atoms with E-state index in [2.05, 4.69) is 21.7 Å². The SMILES string of the molecule is C=C(C)CN(CC)C(=O)CN1CCN(C2CNC2)CC1. The van der Waals surface area contributed by atoms with E-state index < -0.39 is 0 Å². The molecule has 0 radical (unpaired) electrons. The third kappa shape index (κ3) is 4.04. The number of nitrogens with zero attached hydrogens (tertiary/aromatic N) is 3. The molecular weight excluding hydrogens is 252 g/mol. The Labute approximate surface area is 122 Å². The highest BCUT2D eigenvalue weighted by Crippen LogP contribution is 2.10. The topological polar surface area (TPSA) is 38.8 Å². The summed E-state index contributed by atoms with van der Waals surface area (Å²) in [6.07, 6.45) is 0. The highest BCUT2D eigenvalue weighted by molar-refractivity contribution is 5.78. The molecule has 20 heavy (non-hydrogen) atoms. The van der Waals surface area contributed by atoms with Crippen molar-refractivity contribution >= 4 is 5.91 Å². The average Bonchev–Trinajstić information content (AvgIpc) is 2.35. The molecule has 5 nitrogen and oxygen atoms in total. The van der Waals surface area contributed by atoms with Crippen molar-refractivity contribution in [2.75, 3.05) is 58.9 Å². The summed E-state index contributed by atoms with van der Waals surface area (Å²) in [5.74, 6) is 0.231. The largest absolute Gasteiger partial charge is 0.338 e. The molecule has 114 valence electrons. The molecule has 1 N–H and O–H groups in total. The molecule has 5 heteroatoms. The lowest BCUT2D eigenvalue weighted by Crippen LogP contribution is -2.62. The first kappa shape index (κ1) is 15.5. The molecule has 0 aromatic heterocycles. The lowest BCUT2D eigenvalue weighted by Gasteiger charge is -2.43. The summed E-state index contributed by atoms with van der Waals surface area (Å²) in [5, 5.41) is 3.32. The van der Waals surface area contributed by atoms with Gasteiger partial charge in [0, 0.05) is 58.4 Å². The number of carbonyl (C=O) groups is 1. The number of likely N-dealkylation sites (N-methyl/N-ethyl adjacent to an activating group) is 1. The van der Waals surface area contributed by atoms with Gasteiger partial charge in [-0.3, -0.25) is 14.6 Å². The van der Waals surface area contributed by atoms with Gasteiger partial charge in [-0.2, -0.15) is 0 Å². The van der Waals surface area contributed by atoms with E-state index in [1.165, 1.54) is 0 Å². The molecule has 0 spiro atoms. The van der Waals surface area contributed by atoms with Crippen LogP contribution in [0.4, 0.5) is 0 Å². The predicted octanol–water partition coefficient (Wildman–Crippen LogP) is 0.000400. The van der Waals surface area contributed by atoms with Crippen LogP contribution >= 0.6 is 0 Å². The zero-order valence-electron chi connectivity index (χ0n) is 12.9. The molecule has 0 bridgehead atoms. The van der Waals surface area contributed by atoms with Crippen LogP contribution < -0.4 is 5.32 Å². The predicted molar refractivity (Wildman–Crippen MR) is 81.7 cm³/mol. The van der Waals surface area contributed by atoms with Crippen LogP contribution in [-0.4, -0.2) is 85.6 Å². The zero-order chi connectivity index (χ0) is 14.5. The molecule has 2 aliphatic rings. The molecule has 0 aromatic rings. The van der Waals surface area contributed by atoms with Gasteiger partial charge in [-0.25, -0.2) is 0 Å². The van der Waals surface area contributed by atoms with Crippen LogP contribution in [0, 0.1) is 0 Å². The minimum atomic E-state index is 0.231. The van der Waals surface area contributed by atoms with Gasteiger partial charge in [0.2, 0.25) is 5.91 Å². The molecular formula is C15H28N4O. The first-order valence-corrected chi connectivity index (χ1v) is 7.69. The van der Waals surface area contributed by atoms with Crippen LogP contribution in [0.3, 0.4) is 0 Å². The van der Waals surface area contributed by atoms with Crippen LogP contribution in [0.5, 0.6) is 0 Å². The van der Waals surface area contributed by atoms with E-state index in [9.17, 15) is 4.79 Å². The lowest BCUT2D eigenvalue weighted by molar-refractivity contribution is -0.132. The maximum atomic E-state index is 12.3. The van der Waals surface area contributed by atoms with Crippen molar-refractivity contribution in [2.24, 2.45) is 0 Å². The van der Waals surface area contributed by atoms with Gasteiger partial charge in [-0.15, -0.1) is 0 Å². The normalized spacial score (nSPS) is 21.5. The second-order valence-electron chi connectivity index (χ2n) is 5.99. The summed E-state index contributed by atoms with van der Waals surface area (Å²) in [6, 6.07) is 0.725. The summed E-state index contributed by atoms with van der Waals surface area (Å²) in [5.41, 5.74) is 1.04. The summed E-state index contributed by atoms with van der Waals surface area (Å²) in [7, 11) is 0. The smallest absolute Gasteiger partial charge is 0.237 e. The van der Waals surface area contributed by atoms with Gasteiger partial charge in [0.1, 0.15) is 0 Å². The maximum Gasteiger partial charge on any atom is 0.237 e. The first-order chi connectivity index (χ1) is 9.60. The molecule has 2 aliphatic heterocycles. The number of nitrogens with one attached hydrogen (secondary N) is 1. The molecule has 0 aliphatic carbocycles. The van der Waals surface area contributed by atoms with Gasteiger partial charge in [0.15, 0.2) is 0 Å². The van der Waals surface area contributed by atoms with Crippen molar-refractivity contribution in [1.82, 2.24) is 20.0 Å². The maximum absolute atomic E-state index is 12.3. The standard InChI is InChI=1S/C15H28N4O/c1-4-18(11-13(2)3)15(20)12-17-5-7-19(8-6-17)14-9-16-10-14/h14,16H,2,4-12H2,1,3H3. The van der Waals surface area contributed by atoms with Crippen molar-refractivity contribution in [1.29, 1.82) is 0 Å². The molecule has 0 atom stereocenters. The Hall–Kier alpha value is -0.910. The fraction of sp³-hybridized carbons (Fsp3) is 0.800. The van der Waals surface area contributed by atoms with Crippen LogP contribution in [0.2, 0.25) is 0 Å². The molecule has 1 amide bonds. The summed E-state index contributed by atoms with van der Waals surface area (Å²) >= 11 is 0. The second kappa shape index (κ2) is 7.20. The van der Waals surface area contributed by atoms with Crippen molar-refractivity contribution in [3.05, 3.63) is 12.2 Å². The molecule has 0 unspecified atom stereocenters. The molecule has 2 heterocycles. The van der Waals surface area contributed by atoms with Crippen LogP contribution in [0.15, 0.2) is 12.2 Å². The number of hydrogen-bond acceptors (Lipinski definition) is 4. The lowest BCUT2D eigenvalue weighted by atomic mass is 10.1. The third-order valence-corrected chi connectivity index (χ3v) is 4.24. The average molecular weight is 280 g/mol. The zero-order valence-corrected chi connectivity index (χ0v) is 12.9. The van der Waals surface area contributed by atoms with Gasteiger partial charge in [-0.05, 0) is 13.8 Å². The fourth-order valence-corrected chi connectivity index (χ4v) is 2.81. The number of rotatable bonds is 6. The monoisotopic (exact) mass is 280 g/mol. The van der Waals surface area contributed by atoms with E-state index in [0.29, 0.717) is 13.1 Å². The van der Waals surface area contributed by atoms with Crippen molar-refractivity contribution < 1.29 is 4.79 Å². The van der Waals surface area contributed by atoms with Gasteiger partial charge in [0.05, 0.1) is 6.54 Å². The molecule has 0 saturated carbocycles. The molecule has 2 saturated heterocycles. The van der Waals surface area contributed by atoms with E-state index >= 15 is 0 Å². The summed E-state index contributed by atoms with van der Waals surface area (Å²) in [6.45, 7) is 16.3. The quantitative estimate of drug-likeness (QED) is 0.695.